The third kappa shape index (κ3) is 2.39. The maximum Gasteiger partial charge on any atom is 0.0574 e. The first-order valence-electron chi connectivity index (χ1n) is 4.94. The first-order valence-corrected chi connectivity index (χ1v) is 6.02. The van der Waals surface area contributed by atoms with Crippen molar-refractivity contribution in [3.05, 3.63) is 27.8 Å². The molecule has 0 bridgehead atoms. The first-order chi connectivity index (χ1) is 6.75. The molecule has 0 atom stereocenters. The van der Waals surface area contributed by atoms with E-state index in [9.17, 15) is 5.11 Å². The van der Waals surface area contributed by atoms with Gasteiger partial charge in [0.15, 0.2) is 0 Å². The van der Waals surface area contributed by atoms with Gasteiger partial charge in [0.2, 0.25) is 0 Å². The predicted octanol–water partition coefficient (Wildman–Crippen LogP) is 2.25. The maximum absolute atomic E-state index is 9.39. The molecule has 1 aromatic carbocycles. The quantitative estimate of drug-likeness (QED) is 0.805. The van der Waals surface area contributed by atoms with Crippen molar-refractivity contribution in [2.45, 2.75) is 18.9 Å². The molecule has 0 amide bonds. The lowest BCUT2D eigenvalue weighted by atomic mass is 10.1. The average Bonchev–Trinajstić information content (AvgIpc) is 2.21. The monoisotopic (exact) mass is 303 g/mol. The second-order valence-electron chi connectivity index (χ2n) is 3.69. The Labute approximate surface area is 98.1 Å². The van der Waals surface area contributed by atoms with Crippen LogP contribution in [0.15, 0.2) is 24.3 Å². The van der Waals surface area contributed by atoms with Gasteiger partial charge in [-0.25, -0.2) is 0 Å². The summed E-state index contributed by atoms with van der Waals surface area (Å²) in [4.78, 5) is 2.34. The van der Waals surface area contributed by atoms with Gasteiger partial charge in [0.25, 0.3) is 0 Å². The van der Waals surface area contributed by atoms with Crippen LogP contribution >= 0.6 is 22.6 Å². The van der Waals surface area contributed by atoms with E-state index in [1.54, 1.807) is 0 Å². The topological polar surface area (TPSA) is 23.5 Å². The van der Waals surface area contributed by atoms with Crippen LogP contribution in [-0.4, -0.2) is 24.3 Å². The van der Waals surface area contributed by atoms with E-state index >= 15 is 0 Å². The number of halogens is 1. The van der Waals surface area contributed by atoms with E-state index in [4.69, 9.17) is 0 Å². The molecule has 1 aliphatic heterocycles. The molecule has 2 nitrogen and oxygen atoms in total. The third-order valence-electron chi connectivity index (χ3n) is 2.66. The van der Waals surface area contributed by atoms with Gasteiger partial charge < -0.3 is 10.0 Å². The van der Waals surface area contributed by atoms with Crippen molar-refractivity contribution in [2.75, 3.05) is 18.0 Å². The van der Waals surface area contributed by atoms with E-state index in [1.165, 1.54) is 9.26 Å². The van der Waals surface area contributed by atoms with Crippen LogP contribution in [0, 0.1) is 3.57 Å². The largest absolute Gasteiger partial charge is 0.393 e. The summed E-state index contributed by atoms with van der Waals surface area (Å²) in [5.41, 5.74) is 1.28. The van der Waals surface area contributed by atoms with Gasteiger partial charge in [0, 0.05) is 22.3 Å². The van der Waals surface area contributed by atoms with Crippen LogP contribution in [0.2, 0.25) is 0 Å². The Kier molecular flexibility index (Phi) is 3.28. The maximum atomic E-state index is 9.39. The molecule has 0 spiro atoms. The Hall–Kier alpha value is -0.290. The molecule has 0 radical (unpaired) electrons. The Morgan fingerprint density at radius 1 is 1.14 bits per heavy atom. The van der Waals surface area contributed by atoms with E-state index in [0.29, 0.717) is 0 Å². The van der Waals surface area contributed by atoms with Crippen LogP contribution in [0.25, 0.3) is 0 Å². The SMILES string of the molecule is OC1CCN(c2ccc(I)cc2)CC1. The highest BCUT2D eigenvalue weighted by Crippen LogP contribution is 2.20. The molecule has 1 fully saturated rings. The fourth-order valence-electron chi connectivity index (χ4n) is 1.78. The van der Waals surface area contributed by atoms with Crippen LogP contribution in [-0.2, 0) is 0 Å². The van der Waals surface area contributed by atoms with Gasteiger partial charge in [0.05, 0.1) is 6.10 Å². The summed E-state index contributed by atoms with van der Waals surface area (Å²) < 4.78 is 1.27. The molecule has 3 heteroatoms. The minimum Gasteiger partial charge on any atom is -0.393 e. The van der Waals surface area contributed by atoms with Crippen LogP contribution in [0.5, 0.6) is 0 Å². The molecule has 14 heavy (non-hydrogen) atoms. The van der Waals surface area contributed by atoms with E-state index in [0.717, 1.165) is 25.9 Å². The minimum absolute atomic E-state index is 0.0879. The summed E-state index contributed by atoms with van der Waals surface area (Å²) in [6.07, 6.45) is 1.70. The molecule has 1 heterocycles. The highest BCUT2D eigenvalue weighted by molar-refractivity contribution is 14.1. The molecule has 1 saturated heterocycles. The average molecular weight is 303 g/mol. The number of hydrogen-bond donors (Lipinski definition) is 1. The van der Waals surface area contributed by atoms with Crippen molar-refractivity contribution in [1.29, 1.82) is 0 Å². The van der Waals surface area contributed by atoms with Crippen molar-refractivity contribution >= 4 is 28.3 Å². The number of aliphatic hydroxyl groups is 1. The van der Waals surface area contributed by atoms with Crippen molar-refractivity contribution < 1.29 is 5.11 Å². The van der Waals surface area contributed by atoms with E-state index < -0.39 is 0 Å². The van der Waals surface area contributed by atoms with Crippen LogP contribution < -0.4 is 4.90 Å². The van der Waals surface area contributed by atoms with Gasteiger partial charge in [-0.2, -0.15) is 0 Å². The van der Waals surface area contributed by atoms with Crippen molar-refractivity contribution in [3.8, 4) is 0 Å². The highest BCUT2D eigenvalue weighted by Gasteiger charge is 2.16. The summed E-state index contributed by atoms with van der Waals surface area (Å²) in [7, 11) is 0. The van der Waals surface area contributed by atoms with Crippen LogP contribution in [0.4, 0.5) is 5.69 Å². The molecule has 0 unspecified atom stereocenters. The molecule has 0 aromatic heterocycles. The Balaban J connectivity index is 2.05. The summed E-state index contributed by atoms with van der Waals surface area (Å²) in [6, 6.07) is 8.56. The lowest BCUT2D eigenvalue weighted by Gasteiger charge is -2.31. The number of hydrogen-bond acceptors (Lipinski definition) is 2. The smallest absolute Gasteiger partial charge is 0.0574 e. The molecular weight excluding hydrogens is 289 g/mol. The Bertz CT molecular complexity index is 291. The lowest BCUT2D eigenvalue weighted by molar-refractivity contribution is 0.145. The van der Waals surface area contributed by atoms with E-state index in [2.05, 4.69) is 51.8 Å². The van der Waals surface area contributed by atoms with Crippen molar-refractivity contribution in [2.24, 2.45) is 0 Å². The Morgan fingerprint density at radius 2 is 1.71 bits per heavy atom. The summed E-state index contributed by atoms with van der Waals surface area (Å²) >= 11 is 2.31. The number of nitrogens with zero attached hydrogens (tertiary/aromatic N) is 1. The second kappa shape index (κ2) is 4.49. The van der Waals surface area contributed by atoms with Gasteiger partial charge in [0.1, 0.15) is 0 Å². The molecule has 0 saturated carbocycles. The number of piperidine rings is 1. The molecule has 2 rings (SSSR count). The number of aliphatic hydroxyl groups excluding tert-OH is 1. The van der Waals surface area contributed by atoms with E-state index in [1.807, 2.05) is 0 Å². The highest BCUT2D eigenvalue weighted by atomic mass is 127. The second-order valence-corrected chi connectivity index (χ2v) is 4.94. The zero-order valence-electron chi connectivity index (χ0n) is 7.99. The fraction of sp³-hybridized carbons (Fsp3) is 0.455. The van der Waals surface area contributed by atoms with E-state index in [-0.39, 0.29) is 6.10 Å². The molecule has 0 aliphatic carbocycles. The lowest BCUT2D eigenvalue weighted by Crippen LogP contribution is -2.35. The van der Waals surface area contributed by atoms with Gasteiger partial charge >= 0.3 is 0 Å². The summed E-state index contributed by atoms with van der Waals surface area (Å²) in [5, 5.41) is 9.39. The summed E-state index contributed by atoms with van der Waals surface area (Å²) in [6.45, 7) is 1.95. The van der Waals surface area contributed by atoms with Crippen LogP contribution in [0.1, 0.15) is 12.8 Å². The zero-order chi connectivity index (χ0) is 9.97. The van der Waals surface area contributed by atoms with Gasteiger partial charge in [-0.3, -0.25) is 0 Å². The number of rotatable bonds is 1. The number of anilines is 1. The van der Waals surface area contributed by atoms with Crippen molar-refractivity contribution in [3.63, 3.8) is 0 Å². The normalized spacial score (nSPS) is 18.6. The standard InChI is InChI=1S/C11H14INO/c12-9-1-3-10(4-2-9)13-7-5-11(14)6-8-13/h1-4,11,14H,5-8H2. The summed E-state index contributed by atoms with van der Waals surface area (Å²) in [5.74, 6) is 0. The molecule has 1 N–H and O–H groups in total. The van der Waals surface area contributed by atoms with Crippen molar-refractivity contribution in [1.82, 2.24) is 0 Å². The number of benzene rings is 1. The predicted molar refractivity (Wildman–Crippen MR) is 66.6 cm³/mol. The zero-order valence-corrected chi connectivity index (χ0v) is 10.1. The van der Waals surface area contributed by atoms with Gasteiger partial charge in [-0.1, -0.05) is 0 Å². The first kappa shape index (κ1) is 10.2. The Morgan fingerprint density at radius 3 is 2.29 bits per heavy atom. The van der Waals surface area contributed by atoms with Gasteiger partial charge in [-0.15, -0.1) is 0 Å². The van der Waals surface area contributed by atoms with Gasteiger partial charge in [-0.05, 0) is 59.7 Å². The minimum atomic E-state index is -0.0879. The molecule has 1 aliphatic rings. The molecule has 1 aromatic rings. The third-order valence-corrected chi connectivity index (χ3v) is 3.38. The van der Waals surface area contributed by atoms with Crippen LogP contribution in [0.3, 0.4) is 0 Å². The fourth-order valence-corrected chi connectivity index (χ4v) is 2.14. The molecular formula is C11H14INO. The molecule has 76 valence electrons.